The van der Waals surface area contributed by atoms with Crippen LogP contribution in [0.2, 0.25) is 0 Å². The van der Waals surface area contributed by atoms with Crippen LogP contribution in [0.4, 0.5) is 0 Å². The van der Waals surface area contributed by atoms with E-state index in [0.29, 0.717) is 5.92 Å². The molecule has 0 saturated heterocycles. The molecular formula is C21H18O. The van der Waals surface area contributed by atoms with Crippen molar-refractivity contribution < 1.29 is 4.79 Å². The van der Waals surface area contributed by atoms with Crippen LogP contribution in [0.15, 0.2) is 84.9 Å². The molecule has 0 aliphatic heterocycles. The van der Waals surface area contributed by atoms with Crippen molar-refractivity contribution in [2.45, 2.75) is 12.3 Å². The smallest absolute Gasteiger partial charge is 0.150 e. The van der Waals surface area contributed by atoms with E-state index in [-0.39, 0.29) is 0 Å². The Balaban J connectivity index is 1.96. The van der Waals surface area contributed by atoms with Gasteiger partial charge in [-0.1, -0.05) is 84.9 Å². The number of rotatable bonds is 5. The van der Waals surface area contributed by atoms with E-state index in [1.165, 1.54) is 16.7 Å². The molecule has 0 radical (unpaired) electrons. The van der Waals surface area contributed by atoms with Gasteiger partial charge in [-0.2, -0.15) is 0 Å². The molecule has 0 heterocycles. The molecule has 0 spiro atoms. The van der Waals surface area contributed by atoms with Gasteiger partial charge in [-0.15, -0.1) is 0 Å². The molecule has 0 bridgehead atoms. The van der Waals surface area contributed by atoms with Gasteiger partial charge in [0, 0.05) is 11.5 Å². The maximum atomic E-state index is 10.8. The second-order valence-electron chi connectivity index (χ2n) is 5.44. The van der Waals surface area contributed by atoms with Gasteiger partial charge in [0.15, 0.2) is 0 Å². The molecule has 0 fully saturated rings. The third-order valence-corrected chi connectivity index (χ3v) is 3.96. The van der Waals surface area contributed by atoms with Crippen molar-refractivity contribution in [1.29, 1.82) is 0 Å². The number of aldehydes is 1. The van der Waals surface area contributed by atoms with E-state index >= 15 is 0 Å². The fourth-order valence-corrected chi connectivity index (χ4v) is 2.77. The first-order valence-electron chi connectivity index (χ1n) is 7.51. The fraction of sp³-hybridized carbons (Fsp3) is 0.0952. The monoisotopic (exact) mass is 286 g/mol. The predicted octanol–water partition coefficient (Wildman–Crippen LogP) is 4.87. The SMILES string of the molecule is O=Cc1ccc(C(Cc2ccccc2)c2ccccc2)cc1. The second kappa shape index (κ2) is 6.86. The van der Waals surface area contributed by atoms with Crippen molar-refractivity contribution in [3.8, 4) is 0 Å². The Bertz CT molecular complexity index is 715. The number of hydrogen-bond donors (Lipinski definition) is 0. The average Bonchev–Trinajstić information content (AvgIpc) is 2.61. The van der Waals surface area contributed by atoms with Crippen LogP contribution in [-0.2, 0) is 6.42 Å². The third-order valence-electron chi connectivity index (χ3n) is 3.96. The van der Waals surface area contributed by atoms with Gasteiger partial charge in [-0.05, 0) is 23.1 Å². The Morgan fingerprint density at radius 3 is 1.82 bits per heavy atom. The Morgan fingerprint density at radius 2 is 1.23 bits per heavy atom. The first kappa shape index (κ1) is 14.3. The zero-order valence-electron chi connectivity index (χ0n) is 12.4. The number of carbonyl (C=O) groups excluding carboxylic acids is 1. The topological polar surface area (TPSA) is 17.1 Å². The van der Waals surface area contributed by atoms with Crippen LogP contribution in [-0.4, -0.2) is 6.29 Å². The van der Waals surface area contributed by atoms with Crippen molar-refractivity contribution in [2.75, 3.05) is 0 Å². The summed E-state index contributed by atoms with van der Waals surface area (Å²) in [6.07, 6.45) is 1.84. The zero-order chi connectivity index (χ0) is 15.2. The van der Waals surface area contributed by atoms with Gasteiger partial charge in [0.1, 0.15) is 6.29 Å². The summed E-state index contributed by atoms with van der Waals surface area (Å²) in [5.74, 6) is 0.296. The van der Waals surface area contributed by atoms with Crippen molar-refractivity contribution in [3.05, 3.63) is 107 Å². The summed E-state index contributed by atoms with van der Waals surface area (Å²) in [4.78, 5) is 10.8. The summed E-state index contributed by atoms with van der Waals surface area (Å²) in [6.45, 7) is 0. The number of benzene rings is 3. The van der Waals surface area contributed by atoms with Crippen LogP contribution in [0.1, 0.15) is 33.0 Å². The summed E-state index contributed by atoms with van der Waals surface area (Å²) >= 11 is 0. The molecule has 3 rings (SSSR count). The van der Waals surface area contributed by atoms with Crippen LogP contribution < -0.4 is 0 Å². The molecule has 3 aromatic carbocycles. The Morgan fingerprint density at radius 1 is 0.682 bits per heavy atom. The van der Waals surface area contributed by atoms with Gasteiger partial charge in [0.2, 0.25) is 0 Å². The fourth-order valence-electron chi connectivity index (χ4n) is 2.77. The summed E-state index contributed by atoms with van der Waals surface area (Å²) in [6, 6.07) is 29.0. The zero-order valence-corrected chi connectivity index (χ0v) is 12.4. The summed E-state index contributed by atoms with van der Waals surface area (Å²) in [7, 11) is 0. The molecule has 1 heteroatoms. The molecule has 1 nitrogen and oxygen atoms in total. The molecule has 0 aliphatic carbocycles. The van der Waals surface area contributed by atoms with E-state index < -0.39 is 0 Å². The first-order chi connectivity index (χ1) is 10.9. The van der Waals surface area contributed by atoms with Crippen molar-refractivity contribution in [3.63, 3.8) is 0 Å². The molecule has 1 unspecified atom stereocenters. The van der Waals surface area contributed by atoms with E-state index in [4.69, 9.17) is 0 Å². The molecule has 108 valence electrons. The van der Waals surface area contributed by atoms with Crippen molar-refractivity contribution in [1.82, 2.24) is 0 Å². The standard InChI is InChI=1S/C21H18O/c22-16-18-11-13-20(14-12-18)21(19-9-5-2-6-10-19)15-17-7-3-1-4-8-17/h1-14,16,21H,15H2. The van der Waals surface area contributed by atoms with Crippen LogP contribution in [0.25, 0.3) is 0 Å². The lowest BCUT2D eigenvalue weighted by Gasteiger charge is -2.18. The summed E-state index contributed by atoms with van der Waals surface area (Å²) in [5, 5.41) is 0. The van der Waals surface area contributed by atoms with E-state index in [1.54, 1.807) is 0 Å². The van der Waals surface area contributed by atoms with Crippen LogP contribution in [0, 0.1) is 0 Å². The van der Waals surface area contributed by atoms with Gasteiger partial charge in [0.05, 0.1) is 0 Å². The van der Waals surface area contributed by atoms with Crippen LogP contribution >= 0.6 is 0 Å². The Kier molecular flexibility index (Phi) is 4.45. The number of carbonyl (C=O) groups is 1. The first-order valence-corrected chi connectivity index (χ1v) is 7.51. The lowest BCUT2D eigenvalue weighted by Crippen LogP contribution is -2.05. The van der Waals surface area contributed by atoms with Gasteiger partial charge in [-0.25, -0.2) is 0 Å². The van der Waals surface area contributed by atoms with Gasteiger partial charge >= 0.3 is 0 Å². The Labute approximate surface area is 131 Å². The molecule has 0 aliphatic rings. The minimum Gasteiger partial charge on any atom is -0.298 e. The molecule has 22 heavy (non-hydrogen) atoms. The lowest BCUT2D eigenvalue weighted by molar-refractivity contribution is 0.112. The predicted molar refractivity (Wildman–Crippen MR) is 90.3 cm³/mol. The van der Waals surface area contributed by atoms with E-state index in [0.717, 1.165) is 18.3 Å². The quantitative estimate of drug-likeness (QED) is 0.611. The second-order valence-corrected chi connectivity index (χ2v) is 5.44. The summed E-state index contributed by atoms with van der Waals surface area (Å²) in [5.41, 5.74) is 4.57. The van der Waals surface area contributed by atoms with Crippen molar-refractivity contribution in [2.24, 2.45) is 0 Å². The molecule has 0 aromatic heterocycles. The maximum Gasteiger partial charge on any atom is 0.150 e. The third kappa shape index (κ3) is 3.32. The van der Waals surface area contributed by atoms with Gasteiger partial charge < -0.3 is 0 Å². The van der Waals surface area contributed by atoms with Gasteiger partial charge in [-0.3, -0.25) is 4.79 Å². The molecule has 0 saturated carbocycles. The highest BCUT2D eigenvalue weighted by atomic mass is 16.1. The highest BCUT2D eigenvalue weighted by molar-refractivity contribution is 5.74. The van der Waals surface area contributed by atoms with E-state index in [2.05, 4.69) is 60.7 Å². The van der Waals surface area contributed by atoms with Gasteiger partial charge in [0.25, 0.3) is 0 Å². The highest BCUT2D eigenvalue weighted by Crippen LogP contribution is 2.28. The normalized spacial score (nSPS) is 11.8. The summed E-state index contributed by atoms with van der Waals surface area (Å²) < 4.78 is 0. The number of hydrogen-bond acceptors (Lipinski definition) is 1. The minimum atomic E-state index is 0.296. The minimum absolute atomic E-state index is 0.296. The molecule has 0 amide bonds. The van der Waals surface area contributed by atoms with E-state index in [1.807, 2.05) is 24.3 Å². The molecule has 0 N–H and O–H groups in total. The average molecular weight is 286 g/mol. The molecular weight excluding hydrogens is 268 g/mol. The lowest BCUT2D eigenvalue weighted by atomic mass is 9.86. The largest absolute Gasteiger partial charge is 0.298 e. The van der Waals surface area contributed by atoms with Crippen LogP contribution in [0.3, 0.4) is 0 Å². The van der Waals surface area contributed by atoms with Crippen LogP contribution in [0.5, 0.6) is 0 Å². The Hall–Kier alpha value is -2.67. The highest BCUT2D eigenvalue weighted by Gasteiger charge is 2.14. The maximum absolute atomic E-state index is 10.8. The van der Waals surface area contributed by atoms with Crippen molar-refractivity contribution >= 4 is 6.29 Å². The van der Waals surface area contributed by atoms with E-state index in [9.17, 15) is 4.79 Å². The molecule has 1 atom stereocenters. The molecule has 3 aromatic rings.